The van der Waals surface area contributed by atoms with E-state index in [1.165, 1.54) is 6.42 Å². The first-order valence-electron chi connectivity index (χ1n) is 7.08. The molecule has 2 fully saturated rings. The maximum Gasteiger partial charge on any atom is 0.225 e. The van der Waals surface area contributed by atoms with Gasteiger partial charge >= 0.3 is 0 Å². The lowest BCUT2D eigenvalue weighted by atomic mass is 9.88. The Morgan fingerprint density at radius 3 is 2.35 bits per heavy atom. The molecule has 2 rings (SSSR count). The Kier molecular flexibility index (Phi) is 4.08. The number of hydrogen-bond donors (Lipinski definition) is 1. The van der Waals surface area contributed by atoms with Gasteiger partial charge in [-0.2, -0.15) is 0 Å². The Balaban J connectivity index is 1.94. The number of carbonyl (C=O) groups excluding carboxylic acids is 1. The minimum Gasteiger partial charge on any atom is -0.342 e. The van der Waals surface area contributed by atoms with Crippen LogP contribution in [0.4, 0.5) is 0 Å². The Labute approximate surface area is 105 Å². The summed E-state index contributed by atoms with van der Waals surface area (Å²) in [5, 5.41) is 3.42. The summed E-state index contributed by atoms with van der Waals surface area (Å²) in [7, 11) is 0. The molecule has 1 N–H and O–H groups in total. The summed E-state index contributed by atoms with van der Waals surface area (Å²) in [5.41, 5.74) is 0. The SMILES string of the molecule is CC1CC(C)CN(C(=O)C2CCNC(C)C2)C1. The molecule has 0 aromatic heterocycles. The number of amides is 1. The molecule has 4 atom stereocenters. The zero-order valence-corrected chi connectivity index (χ0v) is 11.4. The van der Waals surface area contributed by atoms with E-state index >= 15 is 0 Å². The molecule has 0 aromatic carbocycles. The smallest absolute Gasteiger partial charge is 0.225 e. The molecule has 0 spiro atoms. The van der Waals surface area contributed by atoms with Crippen LogP contribution >= 0.6 is 0 Å². The maximum absolute atomic E-state index is 12.5. The Morgan fingerprint density at radius 1 is 1.12 bits per heavy atom. The monoisotopic (exact) mass is 238 g/mol. The van der Waals surface area contributed by atoms with Crippen LogP contribution in [0.25, 0.3) is 0 Å². The van der Waals surface area contributed by atoms with Crippen LogP contribution in [0.3, 0.4) is 0 Å². The summed E-state index contributed by atoms with van der Waals surface area (Å²) in [5.74, 6) is 2.02. The fraction of sp³-hybridized carbons (Fsp3) is 0.929. The minimum atomic E-state index is 0.267. The minimum absolute atomic E-state index is 0.267. The summed E-state index contributed by atoms with van der Waals surface area (Å²) < 4.78 is 0. The van der Waals surface area contributed by atoms with E-state index in [0.29, 0.717) is 23.8 Å². The zero-order chi connectivity index (χ0) is 12.4. The largest absolute Gasteiger partial charge is 0.342 e. The van der Waals surface area contributed by atoms with Gasteiger partial charge in [-0.15, -0.1) is 0 Å². The second kappa shape index (κ2) is 5.38. The molecule has 2 saturated heterocycles. The van der Waals surface area contributed by atoms with Crippen LogP contribution in [-0.2, 0) is 4.79 Å². The van der Waals surface area contributed by atoms with E-state index in [-0.39, 0.29) is 5.92 Å². The first-order chi connectivity index (χ1) is 8.06. The Hall–Kier alpha value is -0.570. The highest BCUT2D eigenvalue weighted by Crippen LogP contribution is 2.25. The second-order valence-electron chi connectivity index (χ2n) is 6.27. The van der Waals surface area contributed by atoms with Crippen molar-refractivity contribution in [2.24, 2.45) is 17.8 Å². The van der Waals surface area contributed by atoms with Crippen LogP contribution in [0, 0.1) is 17.8 Å². The number of nitrogens with zero attached hydrogens (tertiary/aromatic N) is 1. The van der Waals surface area contributed by atoms with Crippen molar-refractivity contribution in [2.75, 3.05) is 19.6 Å². The van der Waals surface area contributed by atoms with Gasteiger partial charge in [-0.1, -0.05) is 13.8 Å². The summed E-state index contributed by atoms with van der Waals surface area (Å²) in [6, 6.07) is 0.498. The third-order valence-electron chi connectivity index (χ3n) is 4.15. The second-order valence-corrected chi connectivity index (χ2v) is 6.27. The van der Waals surface area contributed by atoms with Gasteiger partial charge in [0, 0.05) is 25.0 Å². The number of rotatable bonds is 1. The molecule has 3 nitrogen and oxygen atoms in total. The van der Waals surface area contributed by atoms with E-state index in [4.69, 9.17) is 0 Å². The molecule has 0 radical (unpaired) electrons. The van der Waals surface area contributed by atoms with Gasteiger partial charge in [0.1, 0.15) is 0 Å². The van der Waals surface area contributed by atoms with Crippen molar-refractivity contribution < 1.29 is 4.79 Å². The van der Waals surface area contributed by atoms with Crippen LogP contribution in [0.5, 0.6) is 0 Å². The van der Waals surface area contributed by atoms with Gasteiger partial charge in [-0.25, -0.2) is 0 Å². The van der Waals surface area contributed by atoms with E-state index in [1.807, 2.05) is 0 Å². The highest BCUT2D eigenvalue weighted by Gasteiger charge is 2.32. The van der Waals surface area contributed by atoms with Crippen molar-refractivity contribution in [3.05, 3.63) is 0 Å². The van der Waals surface area contributed by atoms with Crippen LogP contribution in [0.1, 0.15) is 40.0 Å². The predicted octanol–water partition coefficient (Wildman–Crippen LogP) is 1.88. The Morgan fingerprint density at radius 2 is 1.76 bits per heavy atom. The fourth-order valence-corrected chi connectivity index (χ4v) is 3.46. The van der Waals surface area contributed by atoms with E-state index in [0.717, 1.165) is 32.5 Å². The van der Waals surface area contributed by atoms with Gasteiger partial charge in [-0.05, 0) is 44.6 Å². The van der Waals surface area contributed by atoms with Crippen LogP contribution in [0.15, 0.2) is 0 Å². The highest BCUT2D eigenvalue weighted by atomic mass is 16.2. The van der Waals surface area contributed by atoms with E-state index in [1.54, 1.807) is 0 Å². The highest BCUT2D eigenvalue weighted by molar-refractivity contribution is 5.79. The third-order valence-corrected chi connectivity index (χ3v) is 4.15. The van der Waals surface area contributed by atoms with E-state index < -0.39 is 0 Å². The molecule has 3 heteroatoms. The number of piperidine rings is 2. The number of nitrogens with one attached hydrogen (secondary N) is 1. The quantitative estimate of drug-likeness (QED) is 0.756. The first-order valence-corrected chi connectivity index (χ1v) is 7.08. The molecule has 2 heterocycles. The summed E-state index contributed by atoms with van der Waals surface area (Å²) in [4.78, 5) is 14.6. The fourth-order valence-electron chi connectivity index (χ4n) is 3.46. The molecule has 2 aliphatic rings. The van der Waals surface area contributed by atoms with Crippen LogP contribution < -0.4 is 5.32 Å². The molecule has 0 saturated carbocycles. The van der Waals surface area contributed by atoms with Gasteiger partial charge in [0.05, 0.1) is 0 Å². The number of likely N-dealkylation sites (tertiary alicyclic amines) is 1. The zero-order valence-electron chi connectivity index (χ0n) is 11.4. The molecular weight excluding hydrogens is 212 g/mol. The normalized spacial score (nSPS) is 39.1. The molecule has 4 unspecified atom stereocenters. The molecule has 0 bridgehead atoms. The molecular formula is C14H26N2O. The average Bonchev–Trinajstić information content (AvgIpc) is 2.26. The predicted molar refractivity (Wildman–Crippen MR) is 69.7 cm³/mol. The molecule has 2 aliphatic heterocycles. The van der Waals surface area contributed by atoms with E-state index in [9.17, 15) is 4.79 Å². The van der Waals surface area contributed by atoms with Crippen molar-refractivity contribution in [1.82, 2.24) is 10.2 Å². The van der Waals surface area contributed by atoms with Gasteiger partial charge in [0.15, 0.2) is 0 Å². The summed E-state index contributed by atoms with van der Waals surface area (Å²) in [6.45, 7) is 9.66. The molecule has 98 valence electrons. The van der Waals surface area contributed by atoms with Gasteiger partial charge < -0.3 is 10.2 Å². The first kappa shape index (κ1) is 12.9. The topological polar surface area (TPSA) is 32.3 Å². The van der Waals surface area contributed by atoms with Crippen molar-refractivity contribution in [1.29, 1.82) is 0 Å². The number of hydrogen-bond acceptors (Lipinski definition) is 2. The third kappa shape index (κ3) is 3.21. The Bertz CT molecular complexity index is 269. The van der Waals surface area contributed by atoms with Crippen molar-refractivity contribution in [3.63, 3.8) is 0 Å². The van der Waals surface area contributed by atoms with Gasteiger partial charge in [0.25, 0.3) is 0 Å². The summed E-state index contributed by atoms with van der Waals surface area (Å²) >= 11 is 0. The lowest BCUT2D eigenvalue weighted by Crippen LogP contribution is -2.48. The standard InChI is InChI=1S/C14H26N2O/c1-10-6-11(2)9-16(8-10)14(17)13-4-5-15-12(3)7-13/h10-13,15H,4-9H2,1-3H3. The van der Waals surface area contributed by atoms with Crippen molar-refractivity contribution in [3.8, 4) is 0 Å². The summed E-state index contributed by atoms with van der Waals surface area (Å²) in [6.07, 6.45) is 3.30. The lowest BCUT2D eigenvalue weighted by Gasteiger charge is -2.38. The molecule has 0 aliphatic carbocycles. The van der Waals surface area contributed by atoms with Crippen LogP contribution in [0.2, 0.25) is 0 Å². The van der Waals surface area contributed by atoms with Gasteiger partial charge in [-0.3, -0.25) is 4.79 Å². The van der Waals surface area contributed by atoms with E-state index in [2.05, 4.69) is 31.0 Å². The average molecular weight is 238 g/mol. The molecule has 0 aromatic rings. The van der Waals surface area contributed by atoms with Crippen molar-refractivity contribution in [2.45, 2.75) is 46.1 Å². The van der Waals surface area contributed by atoms with Gasteiger partial charge in [0.2, 0.25) is 5.91 Å². The lowest BCUT2D eigenvalue weighted by molar-refractivity contribution is -0.139. The molecule has 1 amide bonds. The molecule has 17 heavy (non-hydrogen) atoms. The van der Waals surface area contributed by atoms with Crippen LogP contribution in [-0.4, -0.2) is 36.5 Å². The maximum atomic E-state index is 12.5. The van der Waals surface area contributed by atoms with Crippen molar-refractivity contribution >= 4 is 5.91 Å². The number of carbonyl (C=O) groups is 1.